The molecule has 0 aromatic carbocycles. The maximum atomic E-state index is 5.23. The van der Waals surface area contributed by atoms with Gasteiger partial charge in [-0.15, -0.1) is 0 Å². The van der Waals surface area contributed by atoms with Crippen LogP contribution in [0.4, 0.5) is 0 Å². The fourth-order valence-electron chi connectivity index (χ4n) is 0.154. The molecule has 40 valence electrons. The van der Waals surface area contributed by atoms with Crippen LogP contribution in [-0.4, -0.2) is 6.54 Å². The summed E-state index contributed by atoms with van der Waals surface area (Å²) in [5, 5.41) is 0. The molecule has 5 N–H and O–H groups in total. The first-order chi connectivity index (χ1) is 2.77. The van der Waals surface area contributed by atoms with Crippen molar-refractivity contribution in [3.8, 4) is 0 Å². The molecule has 0 bridgehead atoms. The fourth-order valence-corrected chi connectivity index (χ4v) is 1.04. The van der Waals surface area contributed by atoms with E-state index in [1.165, 1.54) is 0 Å². The Labute approximate surface area is 45.9 Å². The number of nitrogens with one attached hydrogen (secondary N) is 1. The van der Waals surface area contributed by atoms with Crippen LogP contribution in [0.2, 0.25) is 0 Å². The van der Waals surface area contributed by atoms with E-state index in [9.17, 15) is 0 Å². The van der Waals surface area contributed by atoms with Gasteiger partial charge in [-0.25, -0.2) is 0 Å². The second-order valence-electron chi connectivity index (χ2n) is 0.831. The van der Waals surface area contributed by atoms with E-state index in [1.807, 2.05) is 6.92 Å². The van der Waals surface area contributed by atoms with Crippen molar-refractivity contribution < 1.29 is 0 Å². The minimum absolute atomic E-state index is 0.901. The van der Waals surface area contributed by atoms with Gasteiger partial charge in [0.05, 0.1) is 0 Å². The van der Waals surface area contributed by atoms with E-state index >= 15 is 0 Å². The van der Waals surface area contributed by atoms with Gasteiger partial charge in [0, 0.05) is 0 Å². The van der Waals surface area contributed by atoms with Crippen LogP contribution in [0.15, 0.2) is 0 Å². The Morgan fingerprint density at radius 3 is 2.17 bits per heavy atom. The molecule has 0 rings (SSSR count). The van der Waals surface area contributed by atoms with Crippen LogP contribution < -0.4 is 11.4 Å². The molecule has 0 saturated heterocycles. The molecule has 0 aliphatic rings. The average molecular weight is 203 g/mol. The molecule has 0 aliphatic heterocycles. The van der Waals surface area contributed by atoms with Crippen LogP contribution >= 0.6 is 20.6 Å². The molecule has 0 saturated carbocycles. The molecule has 0 aromatic heterocycles. The number of rotatable bonds is 2. The molecule has 0 heterocycles. The van der Waals surface area contributed by atoms with E-state index in [0.29, 0.717) is 0 Å². The van der Waals surface area contributed by atoms with Gasteiger partial charge in [0.15, 0.2) is 0 Å². The van der Waals surface area contributed by atoms with Gasteiger partial charge in [-0.1, -0.05) is 0 Å². The predicted molar refractivity (Wildman–Crippen MR) is 36.1 cm³/mol. The van der Waals surface area contributed by atoms with Crippen LogP contribution in [0.5, 0.6) is 0 Å². The molecular formula is C2H10IN3. The third-order valence-electron chi connectivity index (χ3n) is 0.288. The SMILES string of the molecule is CCNI(N)N. The van der Waals surface area contributed by atoms with E-state index in [1.54, 1.807) is 0 Å². The van der Waals surface area contributed by atoms with Gasteiger partial charge < -0.3 is 0 Å². The molecule has 0 amide bonds. The van der Waals surface area contributed by atoms with Gasteiger partial charge >= 0.3 is 45.5 Å². The Balaban J connectivity index is 2.63. The van der Waals surface area contributed by atoms with E-state index in [4.69, 9.17) is 7.89 Å². The van der Waals surface area contributed by atoms with Crippen molar-refractivity contribution >= 4 is 20.6 Å². The predicted octanol–water partition coefficient (Wildman–Crippen LogP) is -0.235. The van der Waals surface area contributed by atoms with Gasteiger partial charge in [0.1, 0.15) is 0 Å². The Bertz CT molecular complexity index is 30.0. The number of hydrogen-bond donors (Lipinski definition) is 3. The second kappa shape index (κ2) is 3.79. The van der Waals surface area contributed by atoms with E-state index in [2.05, 4.69) is 3.53 Å². The first kappa shape index (κ1) is 6.61. The molecular weight excluding hydrogens is 193 g/mol. The van der Waals surface area contributed by atoms with E-state index in [-0.39, 0.29) is 0 Å². The third kappa shape index (κ3) is 4.61. The Hall–Kier alpha value is 0.610. The van der Waals surface area contributed by atoms with Gasteiger partial charge in [-0.2, -0.15) is 0 Å². The molecule has 0 atom stereocenters. The van der Waals surface area contributed by atoms with Crippen molar-refractivity contribution in [2.24, 2.45) is 7.89 Å². The summed E-state index contributed by atoms with van der Waals surface area (Å²) in [4.78, 5) is 0. The molecule has 0 aromatic rings. The zero-order valence-corrected chi connectivity index (χ0v) is 5.90. The molecule has 4 heteroatoms. The van der Waals surface area contributed by atoms with Crippen molar-refractivity contribution in [1.29, 1.82) is 0 Å². The van der Waals surface area contributed by atoms with Crippen LogP contribution in [0.25, 0.3) is 0 Å². The summed E-state index contributed by atoms with van der Waals surface area (Å²) in [7, 11) is 0. The van der Waals surface area contributed by atoms with Crippen LogP contribution in [0.3, 0.4) is 0 Å². The maximum absolute atomic E-state index is 5.23. The van der Waals surface area contributed by atoms with Gasteiger partial charge in [0.25, 0.3) is 0 Å². The van der Waals surface area contributed by atoms with Crippen molar-refractivity contribution in [2.45, 2.75) is 6.92 Å². The zero-order valence-electron chi connectivity index (χ0n) is 3.74. The molecule has 0 unspecified atom stereocenters. The summed E-state index contributed by atoms with van der Waals surface area (Å²) in [6.07, 6.45) is 0. The molecule has 3 nitrogen and oxygen atoms in total. The van der Waals surface area contributed by atoms with Gasteiger partial charge in [0.2, 0.25) is 0 Å². The summed E-state index contributed by atoms with van der Waals surface area (Å²) in [5.74, 6) is 0. The standard InChI is InChI=1S/C2H10IN3/c1-2-6-3(4)5/h6H,2,4-5H2,1H3. The average Bonchev–Trinajstić information content (AvgIpc) is 1.35. The first-order valence-corrected chi connectivity index (χ1v) is 5.26. The monoisotopic (exact) mass is 203 g/mol. The Morgan fingerprint density at radius 1 is 1.67 bits per heavy atom. The van der Waals surface area contributed by atoms with Crippen molar-refractivity contribution in [3.05, 3.63) is 0 Å². The van der Waals surface area contributed by atoms with Crippen molar-refractivity contribution in [2.75, 3.05) is 6.54 Å². The summed E-state index contributed by atoms with van der Waals surface area (Å²) in [5.41, 5.74) is 0. The topological polar surface area (TPSA) is 64.1 Å². The first-order valence-electron chi connectivity index (χ1n) is 1.69. The van der Waals surface area contributed by atoms with E-state index < -0.39 is 20.6 Å². The number of nitrogens with two attached hydrogens (primary N) is 2. The number of hydrogen-bond acceptors (Lipinski definition) is 3. The third-order valence-corrected chi connectivity index (χ3v) is 1.93. The summed E-state index contributed by atoms with van der Waals surface area (Å²) < 4.78 is 13.4. The van der Waals surface area contributed by atoms with E-state index in [0.717, 1.165) is 6.54 Å². The van der Waals surface area contributed by atoms with Gasteiger partial charge in [-0.3, -0.25) is 0 Å². The summed E-state index contributed by atoms with van der Waals surface area (Å²) >= 11 is -1.56. The molecule has 0 radical (unpaired) electrons. The quantitative estimate of drug-likeness (QED) is 0.428. The van der Waals surface area contributed by atoms with Crippen molar-refractivity contribution in [1.82, 2.24) is 3.53 Å². The van der Waals surface area contributed by atoms with Crippen LogP contribution in [0.1, 0.15) is 6.92 Å². The molecule has 0 spiro atoms. The summed E-state index contributed by atoms with van der Waals surface area (Å²) in [6.45, 7) is 2.89. The van der Waals surface area contributed by atoms with Crippen LogP contribution in [-0.2, 0) is 0 Å². The second-order valence-corrected chi connectivity index (χ2v) is 3.56. The Morgan fingerprint density at radius 2 is 2.17 bits per heavy atom. The van der Waals surface area contributed by atoms with Crippen LogP contribution in [0, 0.1) is 0 Å². The molecule has 0 fully saturated rings. The normalized spacial score (nSPS) is 11.5. The fraction of sp³-hybridized carbons (Fsp3) is 1.00. The number of halogens is 1. The molecule has 6 heavy (non-hydrogen) atoms. The minimum atomic E-state index is -1.56. The molecule has 0 aliphatic carbocycles. The zero-order chi connectivity index (χ0) is 4.99. The van der Waals surface area contributed by atoms with Crippen molar-refractivity contribution in [3.63, 3.8) is 0 Å². The van der Waals surface area contributed by atoms with Gasteiger partial charge in [-0.05, 0) is 0 Å². The Kier molecular flexibility index (Phi) is 4.17. The summed E-state index contributed by atoms with van der Waals surface area (Å²) in [6, 6.07) is 0.